The lowest BCUT2D eigenvalue weighted by molar-refractivity contribution is -0.277. The topological polar surface area (TPSA) is 168 Å². The number of ether oxygens (including phenoxy) is 4. The number of carboxylic acids is 1. The number of hydrogen-bond donors (Lipinski definition) is 5. The molecule has 166 valence electrons. The Labute approximate surface area is 171 Å². The molecule has 0 amide bonds. The first kappa shape index (κ1) is 22.1. The van der Waals surface area contributed by atoms with E-state index in [1.807, 2.05) is 0 Å². The summed E-state index contributed by atoms with van der Waals surface area (Å²) in [7, 11) is 2.75. The van der Waals surface area contributed by atoms with Gasteiger partial charge in [0.15, 0.2) is 11.3 Å². The summed E-state index contributed by atoms with van der Waals surface area (Å²) >= 11 is 0. The number of methoxy groups -OCH3 is 2. The first-order chi connectivity index (χ1) is 14.3. The van der Waals surface area contributed by atoms with E-state index < -0.39 is 43.3 Å². The van der Waals surface area contributed by atoms with Crippen molar-refractivity contribution in [3.63, 3.8) is 0 Å². The van der Waals surface area contributed by atoms with Crippen molar-refractivity contribution in [3.8, 4) is 17.2 Å². The van der Waals surface area contributed by atoms with Crippen molar-refractivity contribution in [2.75, 3.05) is 20.8 Å². The van der Waals surface area contributed by atoms with E-state index in [4.69, 9.17) is 28.5 Å². The monoisotopic (exact) mass is 428 g/mol. The molecular weight excluding hydrogens is 404 g/mol. The molecule has 0 radical (unpaired) electrons. The van der Waals surface area contributed by atoms with Gasteiger partial charge in [0.05, 0.1) is 32.5 Å². The van der Waals surface area contributed by atoms with Crippen LogP contribution in [0.2, 0.25) is 0 Å². The highest BCUT2D eigenvalue weighted by Gasteiger charge is 2.45. The molecule has 5 unspecified atom stereocenters. The number of aliphatic hydroxyl groups is 4. The van der Waals surface area contributed by atoms with Gasteiger partial charge in [0, 0.05) is 12.0 Å². The van der Waals surface area contributed by atoms with Gasteiger partial charge in [-0.25, -0.2) is 0 Å². The first-order valence-corrected chi connectivity index (χ1v) is 9.17. The minimum absolute atomic E-state index is 0.0112. The highest BCUT2D eigenvalue weighted by molar-refractivity contribution is 5.93. The van der Waals surface area contributed by atoms with Gasteiger partial charge in [-0.05, 0) is 12.5 Å². The van der Waals surface area contributed by atoms with Crippen LogP contribution in [0.1, 0.15) is 12.0 Å². The molecule has 11 heteroatoms. The van der Waals surface area contributed by atoms with E-state index in [1.54, 1.807) is 6.07 Å². The molecule has 11 nitrogen and oxygen atoms in total. The van der Waals surface area contributed by atoms with Crippen LogP contribution in [0.3, 0.4) is 0 Å². The number of hydrogen-bond acceptors (Lipinski definition) is 10. The van der Waals surface area contributed by atoms with Gasteiger partial charge in [-0.1, -0.05) is 0 Å². The molecule has 2 aromatic rings. The maximum atomic E-state index is 11.2. The first-order valence-electron chi connectivity index (χ1n) is 9.17. The van der Waals surface area contributed by atoms with Gasteiger partial charge >= 0.3 is 5.97 Å². The minimum atomic E-state index is -1.67. The molecule has 1 aliphatic rings. The number of carboxylic acid groups (broad SMARTS) is 1. The molecule has 1 fully saturated rings. The van der Waals surface area contributed by atoms with Gasteiger partial charge in [0.25, 0.3) is 0 Å². The van der Waals surface area contributed by atoms with E-state index in [2.05, 4.69) is 0 Å². The van der Waals surface area contributed by atoms with Crippen molar-refractivity contribution in [2.24, 2.45) is 0 Å². The van der Waals surface area contributed by atoms with E-state index in [-0.39, 0.29) is 29.9 Å². The third-order valence-corrected chi connectivity index (χ3v) is 4.95. The van der Waals surface area contributed by atoms with E-state index in [1.165, 1.54) is 20.5 Å². The Hall–Kier alpha value is -2.57. The Morgan fingerprint density at radius 3 is 2.37 bits per heavy atom. The molecule has 1 aliphatic heterocycles. The summed E-state index contributed by atoms with van der Waals surface area (Å²) in [6.07, 6.45) is -6.43. The SMILES string of the molecule is COc1c(CCC(=O)O)c(OC2OC(CO)C(O)C(O)C2O)c(OC)c2occc12. The van der Waals surface area contributed by atoms with Gasteiger partial charge in [0.1, 0.15) is 30.2 Å². The van der Waals surface area contributed by atoms with Gasteiger partial charge in [-0.15, -0.1) is 0 Å². The number of carbonyl (C=O) groups is 1. The van der Waals surface area contributed by atoms with E-state index in [0.29, 0.717) is 16.7 Å². The number of fused-ring (bicyclic) bond motifs is 1. The average molecular weight is 428 g/mol. The largest absolute Gasteiger partial charge is 0.496 e. The molecule has 0 bridgehead atoms. The van der Waals surface area contributed by atoms with Crippen LogP contribution in [0.25, 0.3) is 11.0 Å². The highest BCUT2D eigenvalue weighted by atomic mass is 16.7. The van der Waals surface area contributed by atoms with E-state index in [0.717, 1.165) is 0 Å². The predicted molar refractivity (Wildman–Crippen MR) is 99.7 cm³/mol. The summed E-state index contributed by atoms with van der Waals surface area (Å²) in [5, 5.41) is 49.4. The maximum absolute atomic E-state index is 11.2. The summed E-state index contributed by atoms with van der Waals surface area (Å²) < 4.78 is 27.6. The van der Waals surface area contributed by atoms with Crippen LogP contribution < -0.4 is 14.2 Å². The standard InChI is InChI=1S/C19H24O11/c1-26-15-8(3-4-11(21)22)17(18(27-2)16-9(15)5-6-28-16)30-19-14(25)13(24)12(23)10(7-20)29-19/h5-6,10,12-14,19-20,23-25H,3-4,7H2,1-2H3,(H,21,22). The minimum Gasteiger partial charge on any atom is -0.496 e. The normalized spacial score (nSPS) is 26.5. The average Bonchev–Trinajstić information content (AvgIpc) is 3.21. The number of benzene rings is 1. The maximum Gasteiger partial charge on any atom is 0.303 e. The van der Waals surface area contributed by atoms with E-state index in [9.17, 15) is 25.2 Å². The van der Waals surface area contributed by atoms with Crippen LogP contribution in [0.15, 0.2) is 16.7 Å². The van der Waals surface area contributed by atoms with Crippen LogP contribution >= 0.6 is 0 Å². The fourth-order valence-corrected chi connectivity index (χ4v) is 3.45. The lowest BCUT2D eigenvalue weighted by Gasteiger charge is -2.40. The zero-order valence-electron chi connectivity index (χ0n) is 16.3. The van der Waals surface area contributed by atoms with Crippen LogP contribution in [0.5, 0.6) is 17.2 Å². The molecule has 3 rings (SSSR count). The molecule has 5 N–H and O–H groups in total. The van der Waals surface area contributed by atoms with Crippen molar-refractivity contribution in [2.45, 2.75) is 43.5 Å². The Balaban J connectivity index is 2.10. The molecule has 1 saturated heterocycles. The smallest absolute Gasteiger partial charge is 0.303 e. The fraction of sp³-hybridized carbons (Fsp3) is 0.526. The number of rotatable bonds is 8. The second-order valence-corrected chi connectivity index (χ2v) is 6.75. The summed E-state index contributed by atoms with van der Waals surface area (Å²) in [5.41, 5.74) is 0.579. The van der Waals surface area contributed by atoms with Crippen molar-refractivity contribution in [1.29, 1.82) is 0 Å². The second-order valence-electron chi connectivity index (χ2n) is 6.75. The molecule has 5 atom stereocenters. The molecule has 1 aromatic heterocycles. The van der Waals surface area contributed by atoms with Gasteiger partial charge in [-0.3, -0.25) is 4.79 Å². The van der Waals surface area contributed by atoms with Crippen LogP contribution in [-0.2, 0) is 16.0 Å². The highest BCUT2D eigenvalue weighted by Crippen LogP contribution is 2.47. The summed E-state index contributed by atoms with van der Waals surface area (Å²) in [5.74, 6) is -0.669. The number of furan rings is 1. The molecule has 0 aliphatic carbocycles. The van der Waals surface area contributed by atoms with Gasteiger partial charge in [-0.2, -0.15) is 0 Å². The zero-order chi connectivity index (χ0) is 22.0. The molecule has 0 saturated carbocycles. The fourth-order valence-electron chi connectivity index (χ4n) is 3.45. The molecule has 2 heterocycles. The Kier molecular flexibility index (Phi) is 6.68. The van der Waals surface area contributed by atoms with Crippen LogP contribution in [0, 0.1) is 0 Å². The zero-order valence-corrected chi connectivity index (χ0v) is 16.3. The van der Waals surface area contributed by atoms with Gasteiger partial charge < -0.3 is 48.9 Å². The van der Waals surface area contributed by atoms with Crippen LogP contribution in [-0.4, -0.2) is 83.0 Å². The Morgan fingerprint density at radius 2 is 1.77 bits per heavy atom. The van der Waals surface area contributed by atoms with Crippen LogP contribution in [0.4, 0.5) is 0 Å². The van der Waals surface area contributed by atoms with Crippen molar-refractivity contribution < 1.29 is 53.7 Å². The summed E-state index contributed by atoms with van der Waals surface area (Å²) in [4.78, 5) is 11.2. The van der Waals surface area contributed by atoms with Crippen molar-refractivity contribution in [1.82, 2.24) is 0 Å². The van der Waals surface area contributed by atoms with Crippen molar-refractivity contribution >= 4 is 16.9 Å². The molecule has 0 spiro atoms. The Morgan fingerprint density at radius 1 is 1.07 bits per heavy atom. The predicted octanol–water partition coefficient (Wildman–Crippen LogP) is -0.354. The Bertz CT molecular complexity index is 890. The second kappa shape index (κ2) is 9.06. The summed E-state index contributed by atoms with van der Waals surface area (Å²) in [6, 6.07) is 1.62. The third-order valence-electron chi connectivity index (χ3n) is 4.95. The number of aliphatic carboxylic acids is 1. The molecule has 1 aromatic carbocycles. The number of aliphatic hydroxyl groups excluding tert-OH is 4. The quantitative estimate of drug-likeness (QED) is 0.372. The lowest BCUT2D eigenvalue weighted by atomic mass is 9.99. The van der Waals surface area contributed by atoms with Gasteiger partial charge in [0.2, 0.25) is 12.0 Å². The van der Waals surface area contributed by atoms with Crippen molar-refractivity contribution in [3.05, 3.63) is 17.9 Å². The lowest BCUT2D eigenvalue weighted by Crippen LogP contribution is -2.60. The third kappa shape index (κ3) is 3.89. The molecule has 30 heavy (non-hydrogen) atoms. The molecular formula is C19H24O11. The van der Waals surface area contributed by atoms with E-state index >= 15 is 0 Å². The summed E-state index contributed by atoms with van der Waals surface area (Å²) in [6.45, 7) is -0.631.